The molecule has 1 aliphatic rings. The number of hydrogen-bond acceptors (Lipinski definition) is 4. The van der Waals surface area contributed by atoms with Crippen molar-refractivity contribution >= 4 is 17.5 Å². The van der Waals surface area contributed by atoms with Crippen LogP contribution in [0.4, 0.5) is 5.69 Å². The SMILES string of the molecule is Cc1ccccc1C(=O)Nc1ccc([C@H]2OCC(=O)N(Cc3ccccc3)[C@@H]2CO)cc1. The third-order valence-electron chi connectivity index (χ3n) is 5.73. The molecule has 3 aromatic carbocycles. The maximum absolute atomic E-state index is 12.6. The lowest BCUT2D eigenvalue weighted by atomic mass is 9.98. The average molecular weight is 431 g/mol. The molecule has 2 N–H and O–H groups in total. The van der Waals surface area contributed by atoms with Gasteiger partial charge in [-0.05, 0) is 41.8 Å². The van der Waals surface area contributed by atoms with Gasteiger partial charge < -0.3 is 20.1 Å². The molecule has 2 amide bonds. The van der Waals surface area contributed by atoms with Crippen LogP contribution >= 0.6 is 0 Å². The first-order chi connectivity index (χ1) is 15.6. The van der Waals surface area contributed by atoms with Crippen LogP contribution in [0.2, 0.25) is 0 Å². The van der Waals surface area contributed by atoms with Crippen LogP contribution in [0.3, 0.4) is 0 Å². The highest BCUT2D eigenvalue weighted by molar-refractivity contribution is 6.05. The lowest BCUT2D eigenvalue weighted by Crippen LogP contribution is -2.52. The number of aryl methyl sites for hydroxylation is 1. The molecule has 0 saturated carbocycles. The highest BCUT2D eigenvalue weighted by Crippen LogP contribution is 2.31. The first-order valence-electron chi connectivity index (χ1n) is 10.6. The fourth-order valence-corrected chi connectivity index (χ4v) is 3.98. The van der Waals surface area contributed by atoms with Gasteiger partial charge in [0.25, 0.3) is 5.91 Å². The second-order valence-electron chi connectivity index (χ2n) is 7.88. The molecule has 6 nitrogen and oxygen atoms in total. The molecule has 1 saturated heterocycles. The molecule has 2 atom stereocenters. The number of carbonyl (C=O) groups excluding carboxylic acids is 2. The van der Waals surface area contributed by atoms with Crippen LogP contribution in [0, 0.1) is 6.92 Å². The van der Waals surface area contributed by atoms with Crippen LogP contribution in [-0.2, 0) is 16.1 Å². The zero-order valence-corrected chi connectivity index (χ0v) is 17.9. The number of nitrogens with zero attached hydrogens (tertiary/aromatic N) is 1. The Hall–Kier alpha value is -3.48. The van der Waals surface area contributed by atoms with Gasteiger partial charge in [-0.25, -0.2) is 0 Å². The summed E-state index contributed by atoms with van der Waals surface area (Å²) in [5.41, 5.74) is 4.03. The number of morpholine rings is 1. The van der Waals surface area contributed by atoms with E-state index in [1.807, 2.05) is 67.6 Å². The third kappa shape index (κ3) is 4.72. The van der Waals surface area contributed by atoms with E-state index in [4.69, 9.17) is 4.74 Å². The number of hydrogen-bond donors (Lipinski definition) is 2. The average Bonchev–Trinajstić information content (AvgIpc) is 2.82. The summed E-state index contributed by atoms with van der Waals surface area (Å²) in [5, 5.41) is 13.0. The molecule has 0 spiro atoms. The number of rotatable bonds is 6. The van der Waals surface area contributed by atoms with E-state index in [-0.39, 0.29) is 25.0 Å². The number of ether oxygens (including phenoxy) is 1. The van der Waals surface area contributed by atoms with Gasteiger partial charge in [-0.15, -0.1) is 0 Å². The highest BCUT2D eigenvalue weighted by Gasteiger charge is 2.37. The van der Waals surface area contributed by atoms with Crippen molar-refractivity contribution in [2.45, 2.75) is 25.6 Å². The van der Waals surface area contributed by atoms with Crippen molar-refractivity contribution in [1.29, 1.82) is 0 Å². The smallest absolute Gasteiger partial charge is 0.255 e. The molecule has 164 valence electrons. The van der Waals surface area contributed by atoms with Gasteiger partial charge in [-0.1, -0.05) is 60.7 Å². The maximum Gasteiger partial charge on any atom is 0.255 e. The molecule has 3 aromatic rings. The van der Waals surface area contributed by atoms with Gasteiger partial charge in [0.1, 0.15) is 12.7 Å². The second-order valence-corrected chi connectivity index (χ2v) is 7.88. The first kappa shape index (κ1) is 21.7. The van der Waals surface area contributed by atoms with Gasteiger partial charge in [0.15, 0.2) is 0 Å². The largest absolute Gasteiger partial charge is 0.394 e. The van der Waals surface area contributed by atoms with Crippen LogP contribution in [0.5, 0.6) is 0 Å². The van der Waals surface area contributed by atoms with E-state index in [0.29, 0.717) is 17.8 Å². The van der Waals surface area contributed by atoms with Crippen molar-refractivity contribution in [3.05, 3.63) is 101 Å². The monoisotopic (exact) mass is 430 g/mol. The van der Waals surface area contributed by atoms with Crippen molar-refractivity contribution in [3.8, 4) is 0 Å². The first-order valence-corrected chi connectivity index (χ1v) is 10.6. The Balaban J connectivity index is 1.49. The molecular weight excluding hydrogens is 404 g/mol. The Morgan fingerprint density at radius 3 is 2.41 bits per heavy atom. The number of amides is 2. The molecule has 0 aromatic heterocycles. The minimum absolute atomic E-state index is 0.0419. The molecule has 1 aliphatic heterocycles. The van der Waals surface area contributed by atoms with Crippen LogP contribution in [-0.4, -0.2) is 41.1 Å². The van der Waals surface area contributed by atoms with Gasteiger partial charge in [-0.3, -0.25) is 9.59 Å². The Morgan fingerprint density at radius 1 is 1.03 bits per heavy atom. The third-order valence-corrected chi connectivity index (χ3v) is 5.73. The number of anilines is 1. The normalized spacial score (nSPS) is 18.4. The summed E-state index contributed by atoms with van der Waals surface area (Å²) in [6, 6.07) is 23.9. The Kier molecular flexibility index (Phi) is 6.63. The summed E-state index contributed by atoms with van der Waals surface area (Å²) in [6.45, 7) is 2.06. The Bertz CT molecular complexity index is 1080. The molecule has 4 rings (SSSR count). The lowest BCUT2D eigenvalue weighted by molar-refractivity contribution is -0.162. The maximum atomic E-state index is 12.6. The molecule has 32 heavy (non-hydrogen) atoms. The summed E-state index contributed by atoms with van der Waals surface area (Å²) in [7, 11) is 0. The van der Waals surface area contributed by atoms with Crippen molar-refractivity contribution in [2.75, 3.05) is 18.5 Å². The van der Waals surface area contributed by atoms with Gasteiger partial charge in [0, 0.05) is 17.8 Å². The van der Waals surface area contributed by atoms with Gasteiger partial charge in [0.2, 0.25) is 5.91 Å². The summed E-state index contributed by atoms with van der Waals surface area (Å²) in [4.78, 5) is 26.8. The highest BCUT2D eigenvalue weighted by atomic mass is 16.5. The van der Waals surface area contributed by atoms with Crippen molar-refractivity contribution in [3.63, 3.8) is 0 Å². The van der Waals surface area contributed by atoms with E-state index in [0.717, 1.165) is 16.7 Å². The van der Waals surface area contributed by atoms with Crippen LogP contribution in [0.25, 0.3) is 0 Å². The van der Waals surface area contributed by atoms with E-state index in [1.165, 1.54) is 0 Å². The standard InChI is InChI=1S/C26H26N2O4/c1-18-7-5-6-10-22(18)26(31)27-21-13-11-20(12-14-21)25-23(16-29)28(24(30)17-32-25)15-19-8-3-2-4-9-19/h2-14,23,25,29H,15-17H2,1H3,(H,27,31)/t23-,25-/m1/s1. The molecule has 0 radical (unpaired) electrons. The minimum Gasteiger partial charge on any atom is -0.394 e. The minimum atomic E-state index is -0.496. The predicted octanol–water partition coefficient (Wildman–Crippen LogP) is 3.71. The zero-order valence-electron chi connectivity index (χ0n) is 17.9. The number of nitrogens with one attached hydrogen (secondary N) is 1. The fourth-order valence-electron chi connectivity index (χ4n) is 3.98. The van der Waals surface area contributed by atoms with E-state index in [9.17, 15) is 14.7 Å². The Morgan fingerprint density at radius 2 is 1.72 bits per heavy atom. The van der Waals surface area contributed by atoms with Crippen LogP contribution in [0.15, 0.2) is 78.9 Å². The Labute approximate surface area is 187 Å². The summed E-state index contributed by atoms with van der Waals surface area (Å²) in [5.74, 6) is -0.316. The molecule has 0 bridgehead atoms. The molecular formula is C26H26N2O4. The summed E-state index contributed by atoms with van der Waals surface area (Å²) >= 11 is 0. The van der Waals surface area contributed by atoms with E-state index >= 15 is 0 Å². The quantitative estimate of drug-likeness (QED) is 0.625. The van der Waals surface area contributed by atoms with E-state index < -0.39 is 12.1 Å². The van der Waals surface area contributed by atoms with Crippen molar-refractivity contribution < 1.29 is 19.4 Å². The van der Waals surface area contributed by atoms with Crippen molar-refractivity contribution in [1.82, 2.24) is 4.90 Å². The zero-order chi connectivity index (χ0) is 22.5. The van der Waals surface area contributed by atoms with E-state index in [1.54, 1.807) is 23.1 Å². The van der Waals surface area contributed by atoms with Crippen LogP contribution in [0.1, 0.15) is 33.2 Å². The lowest BCUT2D eigenvalue weighted by Gasteiger charge is -2.40. The topological polar surface area (TPSA) is 78.9 Å². The van der Waals surface area contributed by atoms with Gasteiger partial charge in [0.05, 0.1) is 12.6 Å². The number of benzene rings is 3. The van der Waals surface area contributed by atoms with Crippen molar-refractivity contribution in [2.24, 2.45) is 0 Å². The molecule has 0 unspecified atom stereocenters. The number of aliphatic hydroxyl groups is 1. The predicted molar refractivity (Wildman–Crippen MR) is 122 cm³/mol. The molecule has 1 heterocycles. The van der Waals surface area contributed by atoms with Crippen LogP contribution < -0.4 is 5.32 Å². The summed E-state index contributed by atoms with van der Waals surface area (Å²) in [6.07, 6.45) is -0.456. The fraction of sp³-hybridized carbons (Fsp3) is 0.231. The van der Waals surface area contributed by atoms with Gasteiger partial charge >= 0.3 is 0 Å². The van der Waals surface area contributed by atoms with Gasteiger partial charge in [-0.2, -0.15) is 0 Å². The summed E-state index contributed by atoms with van der Waals surface area (Å²) < 4.78 is 5.82. The molecule has 0 aliphatic carbocycles. The number of aliphatic hydroxyl groups excluding tert-OH is 1. The molecule has 6 heteroatoms. The number of carbonyl (C=O) groups is 2. The second kappa shape index (κ2) is 9.77. The molecule has 1 fully saturated rings. The van der Waals surface area contributed by atoms with E-state index in [2.05, 4.69) is 5.32 Å².